The van der Waals surface area contributed by atoms with Crippen LogP contribution in [-0.4, -0.2) is 22.6 Å². The van der Waals surface area contributed by atoms with Gasteiger partial charge in [-0.3, -0.25) is 0 Å². The van der Waals surface area contributed by atoms with Gasteiger partial charge >= 0.3 is 0 Å². The van der Waals surface area contributed by atoms with E-state index in [-0.39, 0.29) is 0 Å². The van der Waals surface area contributed by atoms with E-state index in [1.807, 2.05) is 6.92 Å². The summed E-state index contributed by atoms with van der Waals surface area (Å²) in [4.78, 5) is 8.89. The first-order valence-electron chi connectivity index (χ1n) is 6.06. The average molecular weight is 220 g/mol. The lowest BCUT2D eigenvalue weighted by atomic mass is 9.93. The van der Waals surface area contributed by atoms with Crippen molar-refractivity contribution in [2.75, 3.05) is 17.2 Å². The van der Waals surface area contributed by atoms with Gasteiger partial charge in [-0.05, 0) is 40.0 Å². The van der Waals surface area contributed by atoms with Crippen molar-refractivity contribution in [3.8, 4) is 0 Å². The Hall–Kier alpha value is -1.32. The van der Waals surface area contributed by atoms with Crippen LogP contribution < -0.4 is 10.6 Å². The van der Waals surface area contributed by atoms with Crippen LogP contribution >= 0.6 is 0 Å². The molecular weight excluding hydrogens is 200 g/mol. The first kappa shape index (κ1) is 11.2. The maximum atomic E-state index is 4.48. The molecule has 0 amide bonds. The minimum Gasteiger partial charge on any atom is -0.370 e. The predicted molar refractivity (Wildman–Crippen MR) is 66.9 cm³/mol. The highest BCUT2D eigenvalue weighted by atomic mass is 15.1. The maximum absolute atomic E-state index is 4.48. The van der Waals surface area contributed by atoms with Crippen LogP contribution in [0.4, 0.5) is 11.6 Å². The van der Waals surface area contributed by atoms with E-state index in [1.54, 1.807) is 0 Å². The zero-order valence-corrected chi connectivity index (χ0v) is 10.3. The van der Waals surface area contributed by atoms with Crippen molar-refractivity contribution in [1.82, 2.24) is 9.97 Å². The average Bonchev–Trinajstić information content (AvgIpc) is 2.18. The molecule has 0 atom stereocenters. The number of nitrogens with zero attached hydrogens (tertiary/aromatic N) is 2. The van der Waals surface area contributed by atoms with Gasteiger partial charge in [-0.1, -0.05) is 0 Å². The van der Waals surface area contributed by atoms with Crippen molar-refractivity contribution >= 4 is 11.6 Å². The summed E-state index contributed by atoms with van der Waals surface area (Å²) in [5.41, 5.74) is 1.12. The van der Waals surface area contributed by atoms with Crippen molar-refractivity contribution in [3.63, 3.8) is 0 Å². The minimum atomic E-state index is 0.613. The Bertz CT molecular complexity index is 372. The Morgan fingerprint density at radius 3 is 2.44 bits per heavy atom. The van der Waals surface area contributed by atoms with Crippen LogP contribution in [0.3, 0.4) is 0 Å². The molecule has 1 aliphatic rings. The largest absolute Gasteiger partial charge is 0.370 e. The fraction of sp³-hybridized carbons (Fsp3) is 0.667. The predicted octanol–water partition coefficient (Wildman–Crippen LogP) is 2.49. The smallest absolute Gasteiger partial charge is 0.134 e. The SMILES string of the molecule is CCNc1nc(C)nc(NC2CCC2)c1C. The van der Waals surface area contributed by atoms with E-state index in [4.69, 9.17) is 0 Å². The first-order valence-corrected chi connectivity index (χ1v) is 6.06. The highest BCUT2D eigenvalue weighted by molar-refractivity contribution is 5.57. The molecule has 0 aliphatic heterocycles. The third-order valence-corrected chi connectivity index (χ3v) is 3.05. The van der Waals surface area contributed by atoms with E-state index >= 15 is 0 Å². The monoisotopic (exact) mass is 220 g/mol. The molecular formula is C12H20N4. The van der Waals surface area contributed by atoms with Crippen LogP contribution in [0.5, 0.6) is 0 Å². The second-order valence-electron chi connectivity index (χ2n) is 4.40. The quantitative estimate of drug-likeness (QED) is 0.818. The number of aromatic nitrogens is 2. The summed E-state index contributed by atoms with van der Waals surface area (Å²) in [6.07, 6.45) is 3.86. The molecule has 0 bridgehead atoms. The summed E-state index contributed by atoms with van der Waals surface area (Å²) in [7, 11) is 0. The highest BCUT2D eigenvalue weighted by Gasteiger charge is 2.19. The van der Waals surface area contributed by atoms with Gasteiger partial charge in [0.15, 0.2) is 0 Å². The van der Waals surface area contributed by atoms with Crippen molar-refractivity contribution < 1.29 is 0 Å². The number of hydrogen-bond donors (Lipinski definition) is 2. The van der Waals surface area contributed by atoms with Crippen LogP contribution in [0.25, 0.3) is 0 Å². The summed E-state index contributed by atoms with van der Waals surface area (Å²) in [5, 5.41) is 6.77. The Balaban J connectivity index is 2.21. The topological polar surface area (TPSA) is 49.8 Å². The molecule has 0 aromatic carbocycles. The van der Waals surface area contributed by atoms with Crippen LogP contribution in [0.2, 0.25) is 0 Å². The van der Waals surface area contributed by atoms with Gasteiger partial charge in [-0.25, -0.2) is 9.97 Å². The number of hydrogen-bond acceptors (Lipinski definition) is 4. The minimum absolute atomic E-state index is 0.613. The second-order valence-corrected chi connectivity index (χ2v) is 4.40. The van der Waals surface area contributed by atoms with Gasteiger partial charge < -0.3 is 10.6 Å². The molecule has 88 valence electrons. The molecule has 0 radical (unpaired) electrons. The molecule has 1 saturated carbocycles. The molecule has 2 N–H and O–H groups in total. The Morgan fingerprint density at radius 2 is 1.88 bits per heavy atom. The van der Waals surface area contributed by atoms with E-state index in [0.29, 0.717) is 6.04 Å². The zero-order valence-electron chi connectivity index (χ0n) is 10.3. The molecule has 0 unspecified atom stereocenters. The molecule has 0 spiro atoms. The summed E-state index contributed by atoms with van der Waals surface area (Å²) >= 11 is 0. The van der Waals surface area contributed by atoms with E-state index < -0.39 is 0 Å². The molecule has 1 aromatic heterocycles. The van der Waals surface area contributed by atoms with Gasteiger partial charge in [0.2, 0.25) is 0 Å². The Kier molecular flexibility index (Phi) is 3.27. The van der Waals surface area contributed by atoms with Crippen LogP contribution in [0.15, 0.2) is 0 Å². The van der Waals surface area contributed by atoms with Crippen molar-refractivity contribution in [2.45, 2.75) is 46.1 Å². The molecule has 1 heterocycles. The molecule has 16 heavy (non-hydrogen) atoms. The standard InChI is InChI=1S/C12H20N4/c1-4-13-11-8(2)12(15-9(3)14-11)16-10-6-5-7-10/h10H,4-7H2,1-3H3,(H2,13,14,15,16). The maximum Gasteiger partial charge on any atom is 0.134 e. The van der Waals surface area contributed by atoms with Gasteiger partial charge in [-0.2, -0.15) is 0 Å². The molecule has 4 nitrogen and oxygen atoms in total. The van der Waals surface area contributed by atoms with Gasteiger partial charge in [0.05, 0.1) is 0 Å². The van der Waals surface area contributed by atoms with Gasteiger partial charge in [0.25, 0.3) is 0 Å². The summed E-state index contributed by atoms with van der Waals surface area (Å²) in [6, 6.07) is 0.613. The lowest BCUT2D eigenvalue weighted by molar-refractivity contribution is 0.444. The summed E-state index contributed by atoms with van der Waals surface area (Å²) in [6.45, 7) is 6.97. The third kappa shape index (κ3) is 2.26. The molecule has 1 aliphatic carbocycles. The van der Waals surface area contributed by atoms with Crippen molar-refractivity contribution in [2.24, 2.45) is 0 Å². The van der Waals surface area contributed by atoms with Gasteiger partial charge in [0.1, 0.15) is 17.5 Å². The third-order valence-electron chi connectivity index (χ3n) is 3.05. The second kappa shape index (κ2) is 4.68. The highest BCUT2D eigenvalue weighted by Crippen LogP contribution is 2.26. The van der Waals surface area contributed by atoms with E-state index in [9.17, 15) is 0 Å². The van der Waals surface area contributed by atoms with Gasteiger partial charge in [-0.15, -0.1) is 0 Å². The van der Waals surface area contributed by atoms with Crippen LogP contribution in [-0.2, 0) is 0 Å². The number of aryl methyl sites for hydroxylation is 1. The Labute approximate surface area is 96.9 Å². The normalized spacial score (nSPS) is 15.7. The van der Waals surface area contributed by atoms with E-state index in [0.717, 1.165) is 29.6 Å². The fourth-order valence-corrected chi connectivity index (χ4v) is 1.85. The number of nitrogens with one attached hydrogen (secondary N) is 2. The van der Waals surface area contributed by atoms with E-state index in [2.05, 4.69) is 34.4 Å². The number of anilines is 2. The number of rotatable bonds is 4. The Morgan fingerprint density at radius 1 is 1.19 bits per heavy atom. The fourth-order valence-electron chi connectivity index (χ4n) is 1.85. The van der Waals surface area contributed by atoms with Crippen molar-refractivity contribution in [3.05, 3.63) is 11.4 Å². The summed E-state index contributed by atoms with van der Waals surface area (Å²) in [5.74, 6) is 2.77. The summed E-state index contributed by atoms with van der Waals surface area (Å²) < 4.78 is 0. The van der Waals surface area contributed by atoms with Crippen LogP contribution in [0, 0.1) is 13.8 Å². The molecule has 1 aromatic rings. The van der Waals surface area contributed by atoms with E-state index in [1.165, 1.54) is 19.3 Å². The lowest BCUT2D eigenvalue weighted by Crippen LogP contribution is -2.28. The molecule has 4 heteroatoms. The molecule has 0 saturated heterocycles. The molecule has 1 fully saturated rings. The first-order chi connectivity index (χ1) is 7.70. The zero-order chi connectivity index (χ0) is 11.5. The van der Waals surface area contributed by atoms with Crippen LogP contribution in [0.1, 0.15) is 37.6 Å². The van der Waals surface area contributed by atoms with Crippen molar-refractivity contribution in [1.29, 1.82) is 0 Å². The lowest BCUT2D eigenvalue weighted by Gasteiger charge is -2.28. The molecule has 2 rings (SSSR count). The van der Waals surface area contributed by atoms with Gasteiger partial charge in [0, 0.05) is 18.2 Å².